The molecule has 5 nitrogen and oxygen atoms in total. The van der Waals surface area contributed by atoms with Crippen molar-refractivity contribution in [3.63, 3.8) is 0 Å². The van der Waals surface area contributed by atoms with E-state index < -0.39 is 45.8 Å². The molecular weight excluding hydrogens is 357 g/mol. The first-order valence-electron chi connectivity index (χ1n) is 6.48. The Hall–Kier alpha value is -2.01. The molecule has 2 aromatic rings. The molecule has 132 valence electrons. The zero-order chi connectivity index (χ0) is 18.1. The fraction of sp³-hybridized carbons (Fsp3) is 0.308. The minimum atomic E-state index is -4.50. The maximum Gasteiger partial charge on any atom is 0.406 e. The smallest absolute Gasteiger partial charge is 0.325 e. The van der Waals surface area contributed by atoms with Crippen LogP contribution in [0, 0.1) is 11.6 Å². The van der Waals surface area contributed by atoms with Crippen LogP contribution >= 0.6 is 0 Å². The number of aromatic nitrogens is 2. The Morgan fingerprint density at radius 2 is 1.75 bits per heavy atom. The van der Waals surface area contributed by atoms with E-state index in [1.807, 2.05) is 0 Å². The summed E-state index contributed by atoms with van der Waals surface area (Å²) < 4.78 is 89.7. The molecule has 0 radical (unpaired) electrons. The van der Waals surface area contributed by atoms with Crippen molar-refractivity contribution in [2.45, 2.75) is 24.2 Å². The summed E-state index contributed by atoms with van der Waals surface area (Å²) >= 11 is 0. The van der Waals surface area contributed by atoms with Crippen molar-refractivity contribution in [2.75, 3.05) is 7.05 Å². The summed E-state index contributed by atoms with van der Waals surface area (Å²) in [6, 6.07) is 1.75. The molecule has 2 rings (SSSR count). The van der Waals surface area contributed by atoms with E-state index in [1.54, 1.807) is 0 Å². The summed E-state index contributed by atoms with van der Waals surface area (Å²) in [5.74, 6) is -2.32. The predicted octanol–water partition coefficient (Wildman–Crippen LogP) is 2.54. The van der Waals surface area contributed by atoms with Crippen LogP contribution in [0.5, 0.6) is 0 Å². The summed E-state index contributed by atoms with van der Waals surface area (Å²) in [4.78, 5) is 3.05. The van der Waals surface area contributed by atoms with Crippen LogP contribution in [0.1, 0.15) is 5.82 Å². The van der Waals surface area contributed by atoms with Gasteiger partial charge in [0, 0.05) is 25.5 Å². The molecular formula is C13H12F5N3O2S. The highest BCUT2D eigenvalue weighted by atomic mass is 32.2. The second-order valence-corrected chi connectivity index (χ2v) is 7.00. The molecule has 1 aromatic carbocycles. The Bertz CT molecular complexity index is 812. The molecule has 1 heterocycles. The van der Waals surface area contributed by atoms with E-state index in [9.17, 15) is 30.4 Å². The van der Waals surface area contributed by atoms with E-state index in [1.165, 1.54) is 0 Å². The molecule has 0 spiro atoms. The van der Waals surface area contributed by atoms with Gasteiger partial charge in [-0.05, 0) is 12.1 Å². The molecule has 1 aromatic heterocycles. The van der Waals surface area contributed by atoms with Crippen molar-refractivity contribution < 1.29 is 30.4 Å². The van der Waals surface area contributed by atoms with Gasteiger partial charge in [0.15, 0.2) is 0 Å². The fourth-order valence-corrected chi connectivity index (χ4v) is 3.14. The highest BCUT2D eigenvalue weighted by Crippen LogP contribution is 2.21. The van der Waals surface area contributed by atoms with E-state index in [0.29, 0.717) is 22.5 Å². The molecule has 0 N–H and O–H groups in total. The normalized spacial score (nSPS) is 12.8. The van der Waals surface area contributed by atoms with Gasteiger partial charge in [-0.1, -0.05) is 0 Å². The number of hydrogen-bond donors (Lipinski definition) is 0. The second-order valence-electron chi connectivity index (χ2n) is 4.95. The van der Waals surface area contributed by atoms with E-state index in [2.05, 4.69) is 4.98 Å². The minimum Gasteiger partial charge on any atom is -0.325 e. The van der Waals surface area contributed by atoms with Gasteiger partial charge in [-0.2, -0.15) is 17.5 Å². The van der Waals surface area contributed by atoms with Crippen molar-refractivity contribution in [3.8, 4) is 0 Å². The van der Waals surface area contributed by atoms with Gasteiger partial charge in [0.1, 0.15) is 24.0 Å². The Morgan fingerprint density at radius 1 is 1.17 bits per heavy atom. The second kappa shape index (κ2) is 6.48. The zero-order valence-electron chi connectivity index (χ0n) is 12.3. The molecule has 24 heavy (non-hydrogen) atoms. The first kappa shape index (κ1) is 18.3. The molecule has 0 aliphatic carbocycles. The molecule has 0 amide bonds. The molecule has 0 atom stereocenters. The molecule has 0 aliphatic heterocycles. The Morgan fingerprint density at radius 3 is 2.29 bits per heavy atom. The first-order chi connectivity index (χ1) is 11.0. The Balaban J connectivity index is 2.26. The van der Waals surface area contributed by atoms with E-state index in [-0.39, 0.29) is 5.82 Å². The van der Waals surface area contributed by atoms with Crippen LogP contribution in [-0.2, 0) is 23.1 Å². The summed E-state index contributed by atoms with van der Waals surface area (Å²) in [6.07, 6.45) is -2.34. The maximum atomic E-state index is 13.2. The molecule has 0 unspecified atom stereocenters. The minimum absolute atomic E-state index is 0.157. The van der Waals surface area contributed by atoms with Gasteiger partial charge in [-0.3, -0.25) is 0 Å². The largest absolute Gasteiger partial charge is 0.406 e. The third-order valence-electron chi connectivity index (χ3n) is 3.06. The van der Waals surface area contributed by atoms with Crippen molar-refractivity contribution >= 4 is 10.0 Å². The van der Waals surface area contributed by atoms with E-state index in [0.717, 1.165) is 24.0 Å². The van der Waals surface area contributed by atoms with Crippen LogP contribution in [0.25, 0.3) is 0 Å². The van der Waals surface area contributed by atoms with Crippen LogP contribution in [0.2, 0.25) is 0 Å². The number of halogens is 5. The van der Waals surface area contributed by atoms with Crippen LogP contribution in [0.3, 0.4) is 0 Å². The van der Waals surface area contributed by atoms with Gasteiger partial charge in [0.25, 0.3) is 0 Å². The van der Waals surface area contributed by atoms with Crippen LogP contribution < -0.4 is 0 Å². The van der Waals surface area contributed by atoms with Gasteiger partial charge >= 0.3 is 6.18 Å². The third kappa shape index (κ3) is 4.29. The lowest BCUT2D eigenvalue weighted by Gasteiger charge is -2.18. The van der Waals surface area contributed by atoms with Gasteiger partial charge in [-0.25, -0.2) is 22.2 Å². The summed E-state index contributed by atoms with van der Waals surface area (Å²) in [5.41, 5.74) is 0. The fourth-order valence-electron chi connectivity index (χ4n) is 1.97. The van der Waals surface area contributed by atoms with Crippen molar-refractivity contribution in [3.05, 3.63) is 48.1 Å². The Labute approximate surface area is 134 Å². The number of sulfonamides is 1. The highest BCUT2D eigenvalue weighted by molar-refractivity contribution is 7.89. The van der Waals surface area contributed by atoms with Gasteiger partial charge in [-0.15, -0.1) is 0 Å². The summed E-state index contributed by atoms with van der Waals surface area (Å²) in [6.45, 7) is -1.83. The average molecular weight is 369 g/mol. The molecule has 11 heteroatoms. The number of imidazole rings is 1. The highest BCUT2D eigenvalue weighted by Gasteiger charge is 2.30. The monoisotopic (exact) mass is 369 g/mol. The van der Waals surface area contributed by atoms with Gasteiger partial charge in [0.05, 0.1) is 11.4 Å². The third-order valence-corrected chi connectivity index (χ3v) is 4.84. The summed E-state index contributed by atoms with van der Waals surface area (Å²) in [5, 5.41) is 0. The number of hydrogen-bond acceptors (Lipinski definition) is 3. The maximum absolute atomic E-state index is 13.2. The van der Waals surface area contributed by atoms with Gasteiger partial charge < -0.3 is 4.57 Å². The van der Waals surface area contributed by atoms with E-state index >= 15 is 0 Å². The molecule has 0 aliphatic rings. The first-order valence-corrected chi connectivity index (χ1v) is 7.92. The van der Waals surface area contributed by atoms with Crippen LogP contribution in [-0.4, -0.2) is 35.5 Å². The standard InChI is InChI=1S/C13H12F5N3O2S/c1-20(7-12-19-2-3-21(12)8-13(16,17)18)24(22,23)11-5-9(14)4-10(15)6-11/h2-6H,7-8H2,1H3. The van der Waals surface area contributed by atoms with Crippen LogP contribution in [0.15, 0.2) is 35.5 Å². The average Bonchev–Trinajstić information content (AvgIpc) is 2.82. The topological polar surface area (TPSA) is 55.2 Å². The van der Waals surface area contributed by atoms with Crippen molar-refractivity contribution in [2.24, 2.45) is 0 Å². The lowest BCUT2D eigenvalue weighted by Crippen LogP contribution is -2.29. The number of nitrogens with zero attached hydrogens (tertiary/aromatic N) is 3. The molecule has 0 saturated heterocycles. The van der Waals surface area contributed by atoms with Crippen LogP contribution in [0.4, 0.5) is 22.0 Å². The van der Waals surface area contributed by atoms with Crippen molar-refractivity contribution in [1.82, 2.24) is 13.9 Å². The van der Waals surface area contributed by atoms with Gasteiger partial charge in [0.2, 0.25) is 10.0 Å². The quantitative estimate of drug-likeness (QED) is 0.762. The number of rotatable bonds is 5. The number of alkyl halides is 3. The predicted molar refractivity (Wildman–Crippen MR) is 73.3 cm³/mol. The summed E-state index contributed by atoms with van der Waals surface area (Å²) in [7, 11) is -3.23. The molecule has 0 saturated carbocycles. The van der Waals surface area contributed by atoms with E-state index in [4.69, 9.17) is 0 Å². The van der Waals surface area contributed by atoms with Crippen molar-refractivity contribution in [1.29, 1.82) is 0 Å². The lowest BCUT2D eigenvalue weighted by molar-refractivity contribution is -0.141. The Kier molecular flexibility index (Phi) is 4.95. The number of benzene rings is 1. The molecule has 0 bridgehead atoms. The molecule has 0 fully saturated rings. The SMILES string of the molecule is CN(Cc1nccn1CC(F)(F)F)S(=O)(=O)c1cc(F)cc(F)c1. The lowest BCUT2D eigenvalue weighted by atomic mass is 10.3. The zero-order valence-corrected chi connectivity index (χ0v) is 13.1.